The average molecular weight is 373 g/mol. The summed E-state index contributed by atoms with van der Waals surface area (Å²) in [5, 5.41) is 0.461. The Bertz CT molecular complexity index is 623. The first kappa shape index (κ1) is 16.3. The number of benzene rings is 2. The summed E-state index contributed by atoms with van der Waals surface area (Å²) in [4.78, 5) is 0. The van der Waals surface area contributed by atoms with Gasteiger partial charge in [-0.15, -0.1) is 0 Å². The maximum atomic E-state index is 14.0. The second-order valence-electron chi connectivity index (χ2n) is 4.71. The summed E-state index contributed by atoms with van der Waals surface area (Å²) < 4.78 is 20.8. The van der Waals surface area contributed by atoms with Crippen LogP contribution in [0.5, 0.6) is 5.75 Å². The van der Waals surface area contributed by atoms with Crippen LogP contribution in [0.1, 0.15) is 25.0 Å². The highest BCUT2D eigenvalue weighted by Crippen LogP contribution is 2.33. The van der Waals surface area contributed by atoms with Gasteiger partial charge in [0.1, 0.15) is 17.7 Å². The summed E-state index contributed by atoms with van der Waals surface area (Å²) >= 11 is 9.50. The molecule has 21 heavy (non-hydrogen) atoms. The molecule has 2 unspecified atom stereocenters. The molecule has 5 heteroatoms. The molecule has 0 amide bonds. The third-order valence-corrected chi connectivity index (χ3v) is 4.02. The summed E-state index contributed by atoms with van der Waals surface area (Å²) in [5.74, 6) is 0.140. The summed E-state index contributed by atoms with van der Waals surface area (Å²) in [6.45, 7) is 1.93. The SMILES string of the molecule is CCC(N)C(Oc1cc(Br)ccc1Cl)c1ccccc1F. The fourth-order valence-electron chi connectivity index (χ4n) is 2.01. The zero-order chi connectivity index (χ0) is 15.4. The Kier molecular flexibility index (Phi) is 5.62. The number of ether oxygens (including phenoxy) is 1. The van der Waals surface area contributed by atoms with E-state index in [2.05, 4.69) is 15.9 Å². The number of nitrogens with two attached hydrogens (primary N) is 1. The molecule has 0 spiro atoms. The van der Waals surface area contributed by atoms with E-state index in [1.165, 1.54) is 6.07 Å². The van der Waals surface area contributed by atoms with Crippen LogP contribution in [0.2, 0.25) is 5.02 Å². The van der Waals surface area contributed by atoms with Gasteiger partial charge in [-0.3, -0.25) is 0 Å². The molecular weight excluding hydrogens is 357 g/mol. The lowest BCUT2D eigenvalue weighted by atomic mass is 10.0. The fourth-order valence-corrected chi connectivity index (χ4v) is 2.51. The zero-order valence-electron chi connectivity index (χ0n) is 11.5. The van der Waals surface area contributed by atoms with Crippen molar-refractivity contribution in [3.8, 4) is 5.75 Å². The average Bonchev–Trinajstić information content (AvgIpc) is 2.48. The molecule has 0 aliphatic rings. The quantitative estimate of drug-likeness (QED) is 0.792. The number of halogens is 3. The maximum Gasteiger partial charge on any atom is 0.142 e. The van der Waals surface area contributed by atoms with E-state index >= 15 is 0 Å². The van der Waals surface area contributed by atoms with Gasteiger partial charge in [-0.2, -0.15) is 0 Å². The minimum Gasteiger partial charge on any atom is -0.482 e. The zero-order valence-corrected chi connectivity index (χ0v) is 13.9. The Morgan fingerprint density at radius 3 is 2.67 bits per heavy atom. The molecule has 0 aromatic heterocycles. The van der Waals surface area contributed by atoms with E-state index in [4.69, 9.17) is 22.1 Å². The van der Waals surface area contributed by atoms with Crippen LogP contribution >= 0.6 is 27.5 Å². The molecule has 2 nitrogen and oxygen atoms in total. The molecule has 0 saturated heterocycles. The highest BCUT2D eigenvalue weighted by molar-refractivity contribution is 9.10. The Morgan fingerprint density at radius 2 is 2.00 bits per heavy atom. The molecule has 0 fully saturated rings. The van der Waals surface area contributed by atoms with Crippen molar-refractivity contribution < 1.29 is 9.13 Å². The van der Waals surface area contributed by atoms with Crippen LogP contribution in [0.3, 0.4) is 0 Å². The Hall–Kier alpha value is -1.10. The standard InChI is InChI=1S/C16H16BrClFNO/c1-2-14(20)16(11-5-3-4-6-13(11)19)21-15-9-10(17)7-8-12(15)18/h3-9,14,16H,2,20H2,1H3. The largest absolute Gasteiger partial charge is 0.482 e. The number of hydrogen-bond acceptors (Lipinski definition) is 2. The second-order valence-corrected chi connectivity index (χ2v) is 6.03. The summed E-state index contributed by atoms with van der Waals surface area (Å²) in [6, 6.07) is 11.4. The van der Waals surface area contributed by atoms with Gasteiger partial charge in [0.25, 0.3) is 0 Å². The molecule has 0 heterocycles. The van der Waals surface area contributed by atoms with Gasteiger partial charge < -0.3 is 10.5 Å². The van der Waals surface area contributed by atoms with Crippen LogP contribution in [0.25, 0.3) is 0 Å². The van der Waals surface area contributed by atoms with Gasteiger partial charge in [0.05, 0.1) is 5.02 Å². The summed E-state index contributed by atoms with van der Waals surface area (Å²) in [7, 11) is 0. The summed E-state index contributed by atoms with van der Waals surface area (Å²) in [5.41, 5.74) is 6.54. The van der Waals surface area contributed by atoms with Crippen LogP contribution in [-0.4, -0.2) is 6.04 Å². The third-order valence-electron chi connectivity index (χ3n) is 3.22. The van der Waals surface area contributed by atoms with Crippen molar-refractivity contribution in [3.05, 3.63) is 63.3 Å². The molecule has 0 aliphatic heterocycles. The van der Waals surface area contributed by atoms with E-state index in [9.17, 15) is 4.39 Å². The van der Waals surface area contributed by atoms with Crippen LogP contribution < -0.4 is 10.5 Å². The van der Waals surface area contributed by atoms with Crippen LogP contribution in [0, 0.1) is 5.82 Å². The molecule has 2 aromatic carbocycles. The van der Waals surface area contributed by atoms with Gasteiger partial charge >= 0.3 is 0 Å². The molecular formula is C16H16BrClFNO. The maximum absolute atomic E-state index is 14.0. The van der Waals surface area contributed by atoms with Crippen molar-refractivity contribution in [2.24, 2.45) is 5.73 Å². The van der Waals surface area contributed by atoms with Gasteiger partial charge in [-0.1, -0.05) is 52.7 Å². The number of rotatable bonds is 5. The molecule has 112 valence electrons. The lowest BCUT2D eigenvalue weighted by Gasteiger charge is -2.25. The van der Waals surface area contributed by atoms with Gasteiger partial charge in [-0.25, -0.2) is 4.39 Å². The minimum atomic E-state index is -0.594. The van der Waals surface area contributed by atoms with Gasteiger partial charge in [0.15, 0.2) is 0 Å². The van der Waals surface area contributed by atoms with E-state index in [1.54, 1.807) is 30.3 Å². The monoisotopic (exact) mass is 371 g/mol. The lowest BCUT2D eigenvalue weighted by molar-refractivity contribution is 0.166. The Balaban J connectivity index is 2.38. The van der Waals surface area contributed by atoms with Gasteiger partial charge in [0, 0.05) is 16.1 Å². The van der Waals surface area contributed by atoms with Crippen molar-refractivity contribution in [2.45, 2.75) is 25.5 Å². The lowest BCUT2D eigenvalue weighted by Crippen LogP contribution is -2.32. The van der Waals surface area contributed by atoms with Crippen molar-refractivity contribution in [1.82, 2.24) is 0 Å². The molecule has 0 aliphatic carbocycles. The van der Waals surface area contributed by atoms with Gasteiger partial charge in [0.2, 0.25) is 0 Å². The normalized spacial score (nSPS) is 13.8. The molecule has 2 N–H and O–H groups in total. The molecule has 0 bridgehead atoms. The Labute approximate surface area is 137 Å². The predicted molar refractivity (Wildman–Crippen MR) is 87.2 cm³/mol. The van der Waals surface area contributed by atoms with Crippen LogP contribution in [0.15, 0.2) is 46.9 Å². The Morgan fingerprint density at radius 1 is 1.29 bits per heavy atom. The molecule has 0 radical (unpaired) electrons. The highest BCUT2D eigenvalue weighted by Gasteiger charge is 2.24. The number of hydrogen-bond donors (Lipinski definition) is 1. The first-order valence-corrected chi connectivity index (χ1v) is 7.81. The third kappa shape index (κ3) is 3.96. The van der Waals surface area contributed by atoms with Crippen molar-refractivity contribution in [2.75, 3.05) is 0 Å². The molecule has 2 rings (SSSR count). The molecule has 2 aromatic rings. The van der Waals surface area contributed by atoms with Gasteiger partial charge in [-0.05, 0) is 30.7 Å². The highest BCUT2D eigenvalue weighted by atomic mass is 79.9. The first-order chi connectivity index (χ1) is 10.0. The van der Waals surface area contributed by atoms with Crippen LogP contribution in [0.4, 0.5) is 4.39 Å². The topological polar surface area (TPSA) is 35.2 Å². The van der Waals surface area contributed by atoms with Crippen molar-refractivity contribution >= 4 is 27.5 Å². The van der Waals surface area contributed by atoms with E-state index in [-0.39, 0.29) is 11.9 Å². The fraction of sp³-hybridized carbons (Fsp3) is 0.250. The van der Waals surface area contributed by atoms with E-state index in [0.29, 0.717) is 22.8 Å². The molecule has 2 atom stereocenters. The predicted octanol–water partition coefficient (Wildman–Crippen LogP) is 5.10. The smallest absolute Gasteiger partial charge is 0.142 e. The summed E-state index contributed by atoms with van der Waals surface area (Å²) in [6.07, 6.45) is 0.0629. The van der Waals surface area contributed by atoms with E-state index in [0.717, 1.165) is 4.47 Å². The minimum absolute atomic E-state index is 0.336. The molecule has 0 saturated carbocycles. The first-order valence-electron chi connectivity index (χ1n) is 6.64. The second kappa shape index (κ2) is 7.25. The van der Waals surface area contributed by atoms with Crippen molar-refractivity contribution in [1.29, 1.82) is 0 Å². The van der Waals surface area contributed by atoms with E-state index in [1.807, 2.05) is 13.0 Å². The van der Waals surface area contributed by atoms with Crippen molar-refractivity contribution in [3.63, 3.8) is 0 Å². The van der Waals surface area contributed by atoms with E-state index < -0.39 is 6.10 Å². The van der Waals surface area contributed by atoms with Crippen LogP contribution in [-0.2, 0) is 0 Å².